The third kappa shape index (κ3) is 2.76. The van der Waals surface area contributed by atoms with Gasteiger partial charge in [-0.25, -0.2) is 9.97 Å². The van der Waals surface area contributed by atoms with Crippen LogP contribution in [0.4, 0.5) is 0 Å². The summed E-state index contributed by atoms with van der Waals surface area (Å²) in [4.78, 5) is 23.7. The maximum Gasteiger partial charge on any atom is 0.268 e. The number of aromatic nitrogens is 3. The number of hydrogen-bond donors (Lipinski definition) is 1. The number of pyridine rings is 1. The van der Waals surface area contributed by atoms with Gasteiger partial charge in [-0.3, -0.25) is 4.79 Å². The molecule has 0 unspecified atom stereocenters. The van der Waals surface area contributed by atoms with Crippen LogP contribution in [0.3, 0.4) is 0 Å². The molecule has 6 heteroatoms. The van der Waals surface area contributed by atoms with E-state index in [9.17, 15) is 4.79 Å². The molecule has 1 aliphatic heterocycles. The highest BCUT2D eigenvalue weighted by Gasteiger charge is 2.16. The van der Waals surface area contributed by atoms with Gasteiger partial charge < -0.3 is 14.6 Å². The fourth-order valence-corrected chi connectivity index (χ4v) is 3.07. The Morgan fingerprint density at radius 1 is 1.29 bits per heavy atom. The van der Waals surface area contributed by atoms with Crippen molar-refractivity contribution in [2.45, 2.75) is 19.5 Å². The van der Waals surface area contributed by atoms with Crippen molar-refractivity contribution in [3.8, 4) is 0 Å². The second kappa shape index (κ2) is 6.05. The Bertz CT molecular complexity index is 901. The summed E-state index contributed by atoms with van der Waals surface area (Å²) in [7, 11) is 2.10. The summed E-state index contributed by atoms with van der Waals surface area (Å²) in [6.45, 7) is 2.23. The number of carbonyl (C=O) groups is 1. The summed E-state index contributed by atoms with van der Waals surface area (Å²) in [5, 5.41) is 2.91. The van der Waals surface area contributed by atoms with Crippen LogP contribution < -0.4 is 5.32 Å². The van der Waals surface area contributed by atoms with Crippen LogP contribution in [0.2, 0.25) is 0 Å². The second-order valence-electron chi connectivity index (χ2n) is 6.14. The molecule has 24 heavy (non-hydrogen) atoms. The zero-order valence-electron chi connectivity index (χ0n) is 13.6. The molecule has 1 N–H and O–H groups in total. The minimum atomic E-state index is -0.123. The molecule has 3 aromatic rings. The van der Waals surface area contributed by atoms with E-state index in [0.29, 0.717) is 18.1 Å². The van der Waals surface area contributed by atoms with Crippen molar-refractivity contribution in [1.82, 2.24) is 24.6 Å². The number of carbonyl (C=O) groups excluding carboxylic acids is 1. The highest BCUT2D eigenvalue weighted by Crippen LogP contribution is 2.15. The molecule has 1 amide bonds. The van der Waals surface area contributed by atoms with Gasteiger partial charge in [0, 0.05) is 48.7 Å². The van der Waals surface area contributed by atoms with Crippen LogP contribution in [0.5, 0.6) is 0 Å². The van der Waals surface area contributed by atoms with E-state index in [4.69, 9.17) is 0 Å². The van der Waals surface area contributed by atoms with Crippen molar-refractivity contribution in [3.63, 3.8) is 0 Å². The van der Waals surface area contributed by atoms with Crippen LogP contribution in [-0.2, 0) is 19.5 Å². The van der Waals surface area contributed by atoms with Crippen molar-refractivity contribution in [2.24, 2.45) is 0 Å². The molecule has 4 heterocycles. The Kier molecular flexibility index (Phi) is 3.74. The van der Waals surface area contributed by atoms with Crippen molar-refractivity contribution in [1.29, 1.82) is 0 Å². The number of likely N-dealkylation sites (N-methyl/N-ethyl adjacent to an activating group) is 1. The number of hydrogen-bond acceptors (Lipinski definition) is 4. The predicted molar refractivity (Wildman–Crippen MR) is 90.6 cm³/mol. The van der Waals surface area contributed by atoms with Gasteiger partial charge in [-0.1, -0.05) is 6.07 Å². The molecule has 6 nitrogen and oxygen atoms in total. The molecule has 0 bridgehead atoms. The number of amides is 1. The van der Waals surface area contributed by atoms with Gasteiger partial charge in [0.25, 0.3) is 5.91 Å². The number of nitrogens with zero attached hydrogens (tertiary/aromatic N) is 4. The highest BCUT2D eigenvalue weighted by atomic mass is 16.1. The Balaban J connectivity index is 1.48. The maximum atomic E-state index is 12.4. The van der Waals surface area contributed by atoms with Crippen LogP contribution in [0.15, 0.2) is 42.7 Å². The van der Waals surface area contributed by atoms with Gasteiger partial charge in [0.05, 0.1) is 6.54 Å². The Labute approximate surface area is 140 Å². The summed E-state index contributed by atoms with van der Waals surface area (Å²) in [5.74, 6) is 0.537. The molecule has 0 saturated carbocycles. The molecule has 0 aromatic carbocycles. The lowest BCUT2D eigenvalue weighted by molar-refractivity contribution is 0.0944. The lowest BCUT2D eigenvalue weighted by Gasteiger charge is -2.23. The first kappa shape index (κ1) is 14.8. The number of rotatable bonds is 3. The van der Waals surface area contributed by atoms with E-state index in [2.05, 4.69) is 27.2 Å². The van der Waals surface area contributed by atoms with Crippen LogP contribution in [0, 0.1) is 0 Å². The zero-order valence-corrected chi connectivity index (χ0v) is 13.6. The molecule has 122 valence electrons. The average molecular weight is 321 g/mol. The van der Waals surface area contributed by atoms with E-state index in [0.717, 1.165) is 30.7 Å². The third-order valence-corrected chi connectivity index (χ3v) is 4.38. The number of fused-ring (bicyclic) bond motifs is 2. The smallest absolute Gasteiger partial charge is 0.268 e. The third-order valence-electron chi connectivity index (χ3n) is 4.38. The molecule has 0 aliphatic carbocycles. The van der Waals surface area contributed by atoms with Crippen molar-refractivity contribution < 1.29 is 4.79 Å². The SMILES string of the molecule is CN1CCc2nc(CNC(=O)c3ccc4ccccn34)ncc2C1. The minimum Gasteiger partial charge on any atom is -0.343 e. The summed E-state index contributed by atoms with van der Waals surface area (Å²) >= 11 is 0. The Morgan fingerprint density at radius 3 is 3.12 bits per heavy atom. The van der Waals surface area contributed by atoms with E-state index in [1.165, 1.54) is 5.56 Å². The molecule has 0 atom stereocenters. The van der Waals surface area contributed by atoms with E-state index in [1.54, 1.807) is 0 Å². The lowest BCUT2D eigenvalue weighted by atomic mass is 10.1. The minimum absolute atomic E-state index is 0.123. The molecule has 4 rings (SSSR count). The maximum absolute atomic E-state index is 12.4. The van der Waals surface area contributed by atoms with Gasteiger partial charge in [-0.05, 0) is 31.3 Å². The first-order chi connectivity index (χ1) is 11.7. The van der Waals surface area contributed by atoms with Gasteiger partial charge in [0.2, 0.25) is 0 Å². The highest BCUT2D eigenvalue weighted by molar-refractivity contribution is 5.93. The van der Waals surface area contributed by atoms with Crippen molar-refractivity contribution >= 4 is 11.4 Å². The molecular formula is C18H19N5O. The van der Waals surface area contributed by atoms with Gasteiger partial charge in [-0.2, -0.15) is 0 Å². The molecule has 3 aromatic heterocycles. The van der Waals surface area contributed by atoms with E-state index < -0.39 is 0 Å². The van der Waals surface area contributed by atoms with Crippen LogP contribution in [0.1, 0.15) is 27.6 Å². The zero-order chi connectivity index (χ0) is 16.5. The molecule has 0 radical (unpaired) electrons. The summed E-state index contributed by atoms with van der Waals surface area (Å²) in [5.41, 5.74) is 3.89. The van der Waals surface area contributed by atoms with Gasteiger partial charge in [0.1, 0.15) is 11.5 Å². The van der Waals surface area contributed by atoms with E-state index in [-0.39, 0.29) is 5.91 Å². The quantitative estimate of drug-likeness (QED) is 0.797. The molecule has 0 saturated heterocycles. The lowest BCUT2D eigenvalue weighted by Crippen LogP contribution is -2.29. The fourth-order valence-electron chi connectivity index (χ4n) is 3.07. The molecule has 0 fully saturated rings. The Morgan fingerprint density at radius 2 is 2.21 bits per heavy atom. The van der Waals surface area contributed by atoms with Crippen molar-refractivity contribution in [2.75, 3.05) is 13.6 Å². The predicted octanol–water partition coefficient (Wildman–Crippen LogP) is 1.65. The first-order valence-electron chi connectivity index (χ1n) is 8.07. The summed E-state index contributed by atoms with van der Waals surface area (Å²) < 4.78 is 1.87. The fraction of sp³-hybridized carbons (Fsp3) is 0.278. The van der Waals surface area contributed by atoms with Crippen LogP contribution >= 0.6 is 0 Å². The molecule has 0 spiro atoms. The summed E-state index contributed by atoms with van der Waals surface area (Å²) in [6.07, 6.45) is 4.70. The summed E-state index contributed by atoms with van der Waals surface area (Å²) in [6, 6.07) is 9.60. The topological polar surface area (TPSA) is 62.5 Å². The average Bonchev–Trinajstić information content (AvgIpc) is 3.04. The van der Waals surface area contributed by atoms with Gasteiger partial charge in [-0.15, -0.1) is 0 Å². The van der Waals surface area contributed by atoms with E-state index >= 15 is 0 Å². The first-order valence-corrected chi connectivity index (χ1v) is 8.07. The Hall–Kier alpha value is -2.73. The van der Waals surface area contributed by atoms with Crippen LogP contribution in [-0.4, -0.2) is 38.8 Å². The molecule has 1 aliphatic rings. The van der Waals surface area contributed by atoms with Crippen LogP contribution in [0.25, 0.3) is 5.52 Å². The normalized spacial score (nSPS) is 14.5. The van der Waals surface area contributed by atoms with Gasteiger partial charge in [0.15, 0.2) is 0 Å². The second-order valence-corrected chi connectivity index (χ2v) is 6.14. The largest absolute Gasteiger partial charge is 0.343 e. The van der Waals surface area contributed by atoms with Gasteiger partial charge >= 0.3 is 0 Å². The van der Waals surface area contributed by atoms with Crippen molar-refractivity contribution in [3.05, 3.63) is 65.5 Å². The standard InChI is InChI=1S/C18H19N5O/c1-22-9-7-15-13(12-22)10-19-17(21-15)11-20-18(24)16-6-5-14-4-2-3-8-23(14)16/h2-6,8,10H,7,9,11-12H2,1H3,(H,20,24). The number of nitrogens with one attached hydrogen (secondary N) is 1. The molecular weight excluding hydrogens is 302 g/mol. The monoisotopic (exact) mass is 321 g/mol. The van der Waals surface area contributed by atoms with E-state index in [1.807, 2.05) is 47.1 Å².